The molecule has 1 aromatic carbocycles. The van der Waals surface area contributed by atoms with Gasteiger partial charge in [0.25, 0.3) is 0 Å². The minimum atomic E-state index is -3.03. The van der Waals surface area contributed by atoms with Gasteiger partial charge < -0.3 is 9.47 Å². The maximum absolute atomic E-state index is 12.2. The molecule has 0 saturated heterocycles. The highest BCUT2D eigenvalue weighted by Crippen LogP contribution is 2.20. The summed E-state index contributed by atoms with van der Waals surface area (Å²) < 4.78 is 34.0. The Morgan fingerprint density at radius 2 is 2.07 bits per heavy atom. The number of carbonyl (C=O) groups is 1. The second-order valence-corrected chi connectivity index (χ2v) is 2.71. The largest absolute Gasteiger partial charge is 0.467 e. The fourth-order valence-electron chi connectivity index (χ4n) is 1.04. The van der Waals surface area contributed by atoms with Crippen LogP contribution in [0, 0.1) is 0 Å². The third-order valence-corrected chi connectivity index (χ3v) is 1.68. The molecular weight excluding hydrogens is 206 g/mol. The van der Waals surface area contributed by atoms with Crippen molar-refractivity contribution in [3.05, 3.63) is 29.8 Å². The topological polar surface area (TPSA) is 35.5 Å². The summed E-state index contributed by atoms with van der Waals surface area (Å²) in [7, 11) is 1.40. The van der Waals surface area contributed by atoms with Crippen LogP contribution in [-0.2, 0) is 4.74 Å². The molecule has 0 N–H and O–H groups in total. The van der Waals surface area contributed by atoms with E-state index in [9.17, 15) is 13.6 Å². The van der Waals surface area contributed by atoms with Crippen LogP contribution in [0.4, 0.5) is 8.78 Å². The Balaban J connectivity index is 2.90. The van der Waals surface area contributed by atoms with Crippen molar-refractivity contribution in [2.75, 3.05) is 13.9 Å². The summed E-state index contributed by atoms with van der Waals surface area (Å²) in [5.74, 6) is -1.15. The Morgan fingerprint density at radius 3 is 2.67 bits per heavy atom. The first kappa shape index (κ1) is 11.6. The average molecular weight is 216 g/mol. The van der Waals surface area contributed by atoms with Crippen molar-refractivity contribution in [1.29, 1.82) is 0 Å². The maximum atomic E-state index is 12.2. The van der Waals surface area contributed by atoms with Crippen molar-refractivity contribution < 1.29 is 23.0 Å². The highest BCUT2D eigenvalue weighted by atomic mass is 19.3. The molecule has 0 radical (unpaired) electrons. The normalized spacial score (nSPS) is 10.4. The van der Waals surface area contributed by atoms with Crippen molar-refractivity contribution in [3.63, 3.8) is 0 Å². The molecule has 0 bridgehead atoms. The van der Waals surface area contributed by atoms with Crippen LogP contribution < -0.4 is 4.74 Å². The quantitative estimate of drug-likeness (QED) is 0.558. The second kappa shape index (κ2) is 5.41. The summed E-state index contributed by atoms with van der Waals surface area (Å²) >= 11 is 0. The summed E-state index contributed by atoms with van der Waals surface area (Å²) in [4.78, 5) is 11.1. The molecule has 0 aliphatic carbocycles. The molecule has 0 aromatic heterocycles. The van der Waals surface area contributed by atoms with E-state index in [-0.39, 0.29) is 18.1 Å². The van der Waals surface area contributed by atoms with E-state index in [1.165, 1.54) is 25.3 Å². The van der Waals surface area contributed by atoms with Gasteiger partial charge in [0.15, 0.2) is 6.79 Å². The number of halogens is 2. The number of carbonyl (C=O) groups excluding carboxylic acids is 1. The molecule has 0 aliphatic heterocycles. The third kappa shape index (κ3) is 2.99. The summed E-state index contributed by atoms with van der Waals surface area (Å²) in [6.45, 7) is -0.0898. The van der Waals surface area contributed by atoms with Crippen LogP contribution in [0.3, 0.4) is 0 Å². The summed E-state index contributed by atoms with van der Waals surface area (Å²) in [6.07, 6.45) is -3.03. The highest BCUT2D eigenvalue weighted by Gasteiger charge is 2.21. The summed E-state index contributed by atoms with van der Waals surface area (Å²) in [5.41, 5.74) is -0.135. The van der Waals surface area contributed by atoms with Gasteiger partial charge in [0, 0.05) is 7.11 Å². The predicted octanol–water partition coefficient (Wildman–Crippen LogP) is 2.12. The first-order valence-electron chi connectivity index (χ1n) is 4.20. The Bertz CT molecular complexity index is 339. The fourth-order valence-corrected chi connectivity index (χ4v) is 1.04. The van der Waals surface area contributed by atoms with Crippen LogP contribution in [0.5, 0.6) is 5.75 Å². The van der Waals surface area contributed by atoms with Crippen molar-refractivity contribution in [2.45, 2.75) is 6.43 Å². The molecule has 0 amide bonds. The van der Waals surface area contributed by atoms with Crippen LogP contribution in [0.25, 0.3) is 0 Å². The van der Waals surface area contributed by atoms with Gasteiger partial charge in [-0.1, -0.05) is 12.1 Å². The minimum Gasteiger partial charge on any atom is -0.467 e. The fraction of sp³-hybridized carbons (Fsp3) is 0.300. The Hall–Kier alpha value is -1.49. The lowest BCUT2D eigenvalue weighted by Crippen LogP contribution is -2.12. The van der Waals surface area contributed by atoms with E-state index < -0.39 is 12.2 Å². The lowest BCUT2D eigenvalue weighted by molar-refractivity contribution is 0.0483. The van der Waals surface area contributed by atoms with Gasteiger partial charge in [-0.05, 0) is 12.1 Å². The molecule has 5 heteroatoms. The van der Waals surface area contributed by atoms with Crippen LogP contribution in [0.15, 0.2) is 24.3 Å². The van der Waals surface area contributed by atoms with E-state index in [0.29, 0.717) is 0 Å². The highest BCUT2D eigenvalue weighted by molar-refractivity contribution is 6.00. The maximum Gasteiger partial charge on any atom is 0.300 e. The number of methoxy groups -OCH3 is 1. The zero-order chi connectivity index (χ0) is 11.3. The molecule has 0 heterocycles. The van der Waals surface area contributed by atoms with E-state index in [2.05, 4.69) is 4.74 Å². The van der Waals surface area contributed by atoms with E-state index in [1.807, 2.05) is 0 Å². The lowest BCUT2D eigenvalue weighted by Gasteiger charge is -2.08. The number of ether oxygens (including phenoxy) is 2. The van der Waals surface area contributed by atoms with Crippen molar-refractivity contribution in [1.82, 2.24) is 0 Å². The summed E-state index contributed by atoms with van der Waals surface area (Å²) in [5, 5.41) is 0. The summed E-state index contributed by atoms with van der Waals surface area (Å²) in [6, 6.07) is 5.82. The van der Waals surface area contributed by atoms with E-state index in [4.69, 9.17) is 4.74 Å². The van der Waals surface area contributed by atoms with E-state index in [1.54, 1.807) is 6.07 Å². The lowest BCUT2D eigenvalue weighted by atomic mass is 10.1. The number of hydrogen-bond acceptors (Lipinski definition) is 3. The van der Waals surface area contributed by atoms with Gasteiger partial charge in [0.05, 0.1) is 5.56 Å². The monoisotopic (exact) mass is 216 g/mol. The Morgan fingerprint density at radius 1 is 1.40 bits per heavy atom. The van der Waals surface area contributed by atoms with Gasteiger partial charge in [-0.3, -0.25) is 4.79 Å². The molecule has 0 fully saturated rings. The molecular formula is C10H10F2O3. The van der Waals surface area contributed by atoms with Gasteiger partial charge >= 0.3 is 6.43 Å². The molecule has 82 valence electrons. The SMILES string of the molecule is COCOc1ccccc1C(=O)C(F)F. The molecule has 0 atom stereocenters. The first-order valence-corrected chi connectivity index (χ1v) is 4.20. The number of Topliss-reactive ketones (excluding diaryl/α,β-unsaturated/α-hetero) is 1. The molecule has 0 spiro atoms. The van der Waals surface area contributed by atoms with Gasteiger partial charge in [-0.2, -0.15) is 0 Å². The number of alkyl halides is 2. The number of para-hydroxylation sites is 1. The number of hydrogen-bond donors (Lipinski definition) is 0. The molecule has 1 aromatic rings. The molecule has 3 nitrogen and oxygen atoms in total. The first-order chi connectivity index (χ1) is 7.16. The van der Waals surface area contributed by atoms with Crippen LogP contribution in [-0.4, -0.2) is 26.1 Å². The van der Waals surface area contributed by atoms with Gasteiger partial charge in [-0.15, -0.1) is 0 Å². The number of ketones is 1. The van der Waals surface area contributed by atoms with Gasteiger partial charge in [0.2, 0.25) is 5.78 Å². The number of benzene rings is 1. The predicted molar refractivity (Wildman–Crippen MR) is 49.3 cm³/mol. The molecule has 0 aliphatic rings. The standard InChI is InChI=1S/C10H10F2O3/c1-14-6-15-8-5-3-2-4-7(8)9(13)10(11)12/h2-5,10H,6H2,1H3. The van der Waals surface area contributed by atoms with Crippen LogP contribution in [0.1, 0.15) is 10.4 Å². The Kier molecular flexibility index (Phi) is 4.17. The third-order valence-electron chi connectivity index (χ3n) is 1.68. The van der Waals surface area contributed by atoms with Crippen molar-refractivity contribution in [3.8, 4) is 5.75 Å². The zero-order valence-electron chi connectivity index (χ0n) is 8.07. The van der Waals surface area contributed by atoms with E-state index >= 15 is 0 Å². The van der Waals surface area contributed by atoms with Gasteiger partial charge in [0.1, 0.15) is 5.75 Å². The van der Waals surface area contributed by atoms with Gasteiger partial charge in [-0.25, -0.2) is 8.78 Å². The van der Waals surface area contributed by atoms with Crippen LogP contribution >= 0.6 is 0 Å². The molecule has 1 rings (SSSR count). The molecule has 0 saturated carbocycles. The molecule has 0 unspecified atom stereocenters. The van der Waals surface area contributed by atoms with Crippen LogP contribution in [0.2, 0.25) is 0 Å². The van der Waals surface area contributed by atoms with Crippen molar-refractivity contribution >= 4 is 5.78 Å². The number of rotatable bonds is 5. The average Bonchev–Trinajstić information content (AvgIpc) is 2.25. The molecule has 15 heavy (non-hydrogen) atoms. The van der Waals surface area contributed by atoms with E-state index in [0.717, 1.165) is 0 Å². The minimum absolute atomic E-state index is 0.0898. The zero-order valence-corrected chi connectivity index (χ0v) is 8.07. The second-order valence-electron chi connectivity index (χ2n) is 2.71. The smallest absolute Gasteiger partial charge is 0.300 e. The van der Waals surface area contributed by atoms with Crippen molar-refractivity contribution in [2.24, 2.45) is 0 Å². The Labute approximate surface area is 85.6 Å².